The maximum Gasteiger partial charge on any atom is 0.230 e. The Bertz CT molecular complexity index is 1370. The number of hydrogen-bond acceptors (Lipinski definition) is 3. The highest BCUT2D eigenvalue weighted by molar-refractivity contribution is 5.95. The van der Waals surface area contributed by atoms with Gasteiger partial charge in [0.25, 0.3) is 0 Å². The van der Waals surface area contributed by atoms with Gasteiger partial charge in [0.1, 0.15) is 5.75 Å². The molecule has 1 aliphatic carbocycles. The molecule has 200 valence electrons. The Kier molecular flexibility index (Phi) is 8.31. The molecule has 5 rings (SSSR count). The van der Waals surface area contributed by atoms with Crippen LogP contribution in [0.15, 0.2) is 97.1 Å². The van der Waals surface area contributed by atoms with Crippen molar-refractivity contribution in [2.75, 3.05) is 31.0 Å². The normalized spacial score (nSPS) is 13.6. The van der Waals surface area contributed by atoms with Crippen molar-refractivity contribution in [3.63, 3.8) is 0 Å². The van der Waals surface area contributed by atoms with Crippen molar-refractivity contribution < 1.29 is 9.53 Å². The van der Waals surface area contributed by atoms with Gasteiger partial charge in [-0.3, -0.25) is 4.79 Å². The highest BCUT2D eigenvalue weighted by Gasteiger charge is 2.27. The predicted octanol–water partition coefficient (Wildman–Crippen LogP) is 8.21. The minimum Gasteiger partial charge on any atom is -0.497 e. The topological polar surface area (TPSA) is 32.8 Å². The van der Waals surface area contributed by atoms with Crippen LogP contribution in [0.2, 0.25) is 0 Å². The molecule has 4 aromatic rings. The lowest BCUT2D eigenvalue weighted by atomic mass is 9.88. The van der Waals surface area contributed by atoms with Gasteiger partial charge in [0, 0.05) is 31.4 Å². The molecule has 0 saturated heterocycles. The van der Waals surface area contributed by atoms with Crippen molar-refractivity contribution >= 4 is 17.3 Å². The van der Waals surface area contributed by atoms with E-state index in [2.05, 4.69) is 104 Å². The third-order valence-electron chi connectivity index (χ3n) is 7.81. The van der Waals surface area contributed by atoms with E-state index in [9.17, 15) is 4.79 Å². The summed E-state index contributed by atoms with van der Waals surface area (Å²) in [7, 11) is 5.78. The Hall–Kier alpha value is -4.05. The maximum atomic E-state index is 13.9. The van der Waals surface area contributed by atoms with E-state index < -0.39 is 0 Å². The number of amides is 1. The fraction of sp³-hybridized carbons (Fsp3) is 0.286. The molecule has 0 aliphatic heterocycles. The van der Waals surface area contributed by atoms with Gasteiger partial charge < -0.3 is 14.5 Å². The van der Waals surface area contributed by atoms with Crippen LogP contribution in [0.4, 0.5) is 11.4 Å². The quantitative estimate of drug-likeness (QED) is 0.236. The summed E-state index contributed by atoms with van der Waals surface area (Å²) in [6, 6.07) is 33.7. The minimum absolute atomic E-state index is 0.0953. The third-order valence-corrected chi connectivity index (χ3v) is 7.81. The molecule has 4 aromatic carbocycles. The zero-order chi connectivity index (χ0) is 27.2. The lowest BCUT2D eigenvalue weighted by Crippen LogP contribution is -2.36. The second kappa shape index (κ2) is 12.2. The van der Waals surface area contributed by atoms with E-state index >= 15 is 0 Å². The van der Waals surface area contributed by atoms with Gasteiger partial charge in [0.05, 0.1) is 13.7 Å². The first kappa shape index (κ1) is 26.6. The monoisotopic (exact) mass is 518 g/mol. The van der Waals surface area contributed by atoms with Gasteiger partial charge in [-0.15, -0.1) is 0 Å². The summed E-state index contributed by atoms with van der Waals surface area (Å²) in [6.45, 7) is 0.557. The molecule has 1 aliphatic rings. The van der Waals surface area contributed by atoms with Crippen LogP contribution >= 0.6 is 0 Å². The number of methoxy groups -OCH3 is 1. The summed E-state index contributed by atoms with van der Waals surface area (Å²) in [5.74, 6) is 1.17. The van der Waals surface area contributed by atoms with E-state index in [1.54, 1.807) is 7.11 Å². The van der Waals surface area contributed by atoms with Crippen LogP contribution in [0.1, 0.15) is 37.7 Å². The number of rotatable bonds is 8. The fourth-order valence-electron chi connectivity index (χ4n) is 5.44. The summed E-state index contributed by atoms with van der Waals surface area (Å²) in [5.41, 5.74) is 7.82. The van der Waals surface area contributed by atoms with Crippen LogP contribution < -0.4 is 14.5 Å². The van der Waals surface area contributed by atoms with Gasteiger partial charge in [-0.1, -0.05) is 79.9 Å². The third kappa shape index (κ3) is 6.34. The van der Waals surface area contributed by atoms with Crippen LogP contribution in [0.3, 0.4) is 0 Å². The average molecular weight is 519 g/mol. The Balaban J connectivity index is 1.41. The molecule has 4 heteroatoms. The van der Waals surface area contributed by atoms with Crippen molar-refractivity contribution in [3.05, 3.63) is 103 Å². The molecule has 0 spiro atoms. The molecule has 1 fully saturated rings. The molecule has 0 unspecified atom stereocenters. The number of anilines is 2. The molecule has 39 heavy (non-hydrogen) atoms. The Labute approximate surface area is 232 Å². The number of carbonyl (C=O) groups is 1. The van der Waals surface area contributed by atoms with Crippen molar-refractivity contribution in [3.8, 4) is 28.0 Å². The Morgan fingerprint density at radius 1 is 0.718 bits per heavy atom. The first-order valence-corrected chi connectivity index (χ1v) is 13.9. The lowest BCUT2D eigenvalue weighted by Gasteiger charge is -2.30. The molecule has 0 aromatic heterocycles. The second-order valence-corrected chi connectivity index (χ2v) is 10.7. The van der Waals surface area contributed by atoms with E-state index in [1.165, 1.54) is 23.2 Å². The van der Waals surface area contributed by atoms with Gasteiger partial charge in [-0.25, -0.2) is 0 Å². The highest BCUT2D eigenvalue weighted by Crippen LogP contribution is 2.32. The van der Waals surface area contributed by atoms with E-state index in [1.807, 2.05) is 17.0 Å². The largest absolute Gasteiger partial charge is 0.497 e. The molecule has 0 radical (unpaired) electrons. The molecular weight excluding hydrogens is 480 g/mol. The van der Waals surface area contributed by atoms with Gasteiger partial charge >= 0.3 is 0 Å². The maximum absolute atomic E-state index is 13.9. The second-order valence-electron chi connectivity index (χ2n) is 10.7. The standard InChI is InChI=1S/C35H38N2O2/c1-36(2)32-20-16-28(17-21-32)27-14-12-26(13-15-27)25-37(35(38)30-8-5-4-6-9-30)33-11-7-10-31(24-33)29-18-22-34(39-3)23-19-29/h7,10-24,30H,4-6,8-9,25H2,1-3H3. The average Bonchev–Trinajstić information content (AvgIpc) is 3.00. The van der Waals surface area contributed by atoms with Crippen LogP contribution in [0.5, 0.6) is 5.75 Å². The summed E-state index contributed by atoms with van der Waals surface area (Å²) >= 11 is 0. The Morgan fingerprint density at radius 3 is 1.92 bits per heavy atom. The zero-order valence-corrected chi connectivity index (χ0v) is 23.3. The first-order valence-electron chi connectivity index (χ1n) is 13.9. The zero-order valence-electron chi connectivity index (χ0n) is 23.3. The van der Waals surface area contributed by atoms with E-state index in [0.29, 0.717) is 6.54 Å². The van der Waals surface area contributed by atoms with Crippen LogP contribution in [-0.2, 0) is 11.3 Å². The van der Waals surface area contributed by atoms with E-state index in [4.69, 9.17) is 4.74 Å². The van der Waals surface area contributed by atoms with Gasteiger partial charge in [0.2, 0.25) is 5.91 Å². The molecule has 0 atom stereocenters. The van der Waals surface area contributed by atoms with Gasteiger partial charge in [-0.2, -0.15) is 0 Å². The molecule has 0 heterocycles. The van der Waals surface area contributed by atoms with Gasteiger partial charge in [0.15, 0.2) is 0 Å². The number of nitrogens with zero attached hydrogens (tertiary/aromatic N) is 2. The SMILES string of the molecule is COc1ccc(-c2cccc(N(Cc3ccc(-c4ccc(N(C)C)cc4)cc3)C(=O)C3CCCCC3)c2)cc1. The molecular formula is C35H38N2O2. The lowest BCUT2D eigenvalue weighted by molar-refractivity contribution is -0.123. The van der Waals surface area contributed by atoms with Crippen LogP contribution in [0, 0.1) is 5.92 Å². The summed E-state index contributed by atoms with van der Waals surface area (Å²) < 4.78 is 5.33. The predicted molar refractivity (Wildman–Crippen MR) is 162 cm³/mol. The van der Waals surface area contributed by atoms with E-state index in [0.717, 1.165) is 53.8 Å². The molecule has 0 bridgehead atoms. The minimum atomic E-state index is 0.0953. The van der Waals surface area contributed by atoms with E-state index in [-0.39, 0.29) is 11.8 Å². The number of benzene rings is 4. The molecule has 1 amide bonds. The summed E-state index contributed by atoms with van der Waals surface area (Å²) in [6.07, 6.45) is 5.47. The number of ether oxygens (including phenoxy) is 1. The fourth-order valence-corrected chi connectivity index (χ4v) is 5.44. The Morgan fingerprint density at radius 2 is 1.31 bits per heavy atom. The number of carbonyl (C=O) groups excluding carboxylic acids is 1. The van der Waals surface area contributed by atoms with Crippen LogP contribution in [-0.4, -0.2) is 27.1 Å². The smallest absolute Gasteiger partial charge is 0.230 e. The molecule has 4 nitrogen and oxygen atoms in total. The van der Waals surface area contributed by atoms with Crippen molar-refractivity contribution in [2.24, 2.45) is 5.92 Å². The summed E-state index contributed by atoms with van der Waals surface area (Å²) in [4.78, 5) is 18.0. The number of hydrogen-bond donors (Lipinski definition) is 0. The van der Waals surface area contributed by atoms with Crippen molar-refractivity contribution in [1.82, 2.24) is 0 Å². The van der Waals surface area contributed by atoms with Crippen molar-refractivity contribution in [2.45, 2.75) is 38.6 Å². The van der Waals surface area contributed by atoms with Crippen molar-refractivity contribution in [1.29, 1.82) is 0 Å². The highest BCUT2D eigenvalue weighted by atomic mass is 16.5. The molecule has 1 saturated carbocycles. The summed E-state index contributed by atoms with van der Waals surface area (Å²) in [5, 5.41) is 0. The molecule has 0 N–H and O–H groups in total. The van der Waals surface area contributed by atoms with Crippen LogP contribution in [0.25, 0.3) is 22.3 Å². The van der Waals surface area contributed by atoms with Gasteiger partial charge in [-0.05, 0) is 77.1 Å². The first-order chi connectivity index (χ1) is 19.0.